The van der Waals surface area contributed by atoms with Gasteiger partial charge in [0.2, 0.25) is 5.91 Å². The highest BCUT2D eigenvalue weighted by Crippen LogP contribution is 2.25. The van der Waals surface area contributed by atoms with Crippen LogP contribution < -0.4 is 10.1 Å². The maximum Gasteiger partial charge on any atom is 0.254 e. The molecule has 24 heavy (non-hydrogen) atoms. The number of hydrogen-bond acceptors (Lipinski definition) is 5. The van der Waals surface area contributed by atoms with E-state index in [0.717, 1.165) is 6.07 Å². The number of benzene rings is 1. The number of hydrogen-bond donors (Lipinski definition) is 3. The van der Waals surface area contributed by atoms with Gasteiger partial charge in [0, 0.05) is 32.1 Å². The molecule has 0 bridgehead atoms. The van der Waals surface area contributed by atoms with E-state index in [-0.39, 0.29) is 43.3 Å². The first kappa shape index (κ1) is 18.2. The van der Waals surface area contributed by atoms with Gasteiger partial charge in [-0.25, -0.2) is 4.39 Å². The van der Waals surface area contributed by atoms with Crippen molar-refractivity contribution in [2.24, 2.45) is 0 Å². The maximum atomic E-state index is 13.7. The van der Waals surface area contributed by atoms with E-state index in [9.17, 15) is 24.2 Å². The number of carbonyl (C=O) groups is 2. The van der Waals surface area contributed by atoms with Crippen LogP contribution in [0.2, 0.25) is 0 Å². The minimum absolute atomic E-state index is 0.0370. The summed E-state index contributed by atoms with van der Waals surface area (Å²) in [4.78, 5) is 24.7. The standard InChI is InChI=1S/C16H21FN2O5/c1-10(20)18-9-16(23)5-6-19(8-14(16)21)15(22)11-3-4-13(24-2)12(17)7-11/h3-4,7,14,21,23H,5-6,8-9H2,1-2H3,(H,18,20)/t14-,16-/m1/s1. The Morgan fingerprint density at radius 3 is 2.75 bits per heavy atom. The highest BCUT2D eigenvalue weighted by atomic mass is 19.1. The van der Waals surface area contributed by atoms with Crippen molar-refractivity contribution in [3.05, 3.63) is 29.6 Å². The molecule has 7 nitrogen and oxygen atoms in total. The third-order valence-electron chi connectivity index (χ3n) is 4.16. The Morgan fingerprint density at radius 2 is 2.21 bits per heavy atom. The van der Waals surface area contributed by atoms with Crippen LogP contribution in [0.1, 0.15) is 23.7 Å². The minimum atomic E-state index is -1.49. The molecule has 2 rings (SSSR count). The molecule has 0 aromatic heterocycles. The smallest absolute Gasteiger partial charge is 0.254 e. The van der Waals surface area contributed by atoms with E-state index in [1.165, 1.54) is 31.1 Å². The summed E-state index contributed by atoms with van der Waals surface area (Å²) >= 11 is 0. The summed E-state index contributed by atoms with van der Waals surface area (Å²) in [5.41, 5.74) is -1.36. The first-order valence-electron chi connectivity index (χ1n) is 7.54. The number of nitrogens with zero attached hydrogens (tertiary/aromatic N) is 1. The van der Waals surface area contributed by atoms with E-state index >= 15 is 0 Å². The Hall–Kier alpha value is -2.19. The van der Waals surface area contributed by atoms with Crippen LogP contribution in [-0.2, 0) is 4.79 Å². The molecule has 1 aliphatic heterocycles. The van der Waals surface area contributed by atoms with Crippen LogP contribution in [0.5, 0.6) is 5.75 Å². The Kier molecular flexibility index (Phi) is 5.40. The van der Waals surface area contributed by atoms with Gasteiger partial charge in [-0.1, -0.05) is 0 Å². The zero-order valence-corrected chi connectivity index (χ0v) is 13.6. The summed E-state index contributed by atoms with van der Waals surface area (Å²) < 4.78 is 18.5. The number of aliphatic hydroxyl groups excluding tert-OH is 1. The molecule has 2 amide bonds. The van der Waals surface area contributed by atoms with E-state index in [0.29, 0.717) is 0 Å². The molecule has 132 valence electrons. The van der Waals surface area contributed by atoms with E-state index in [4.69, 9.17) is 4.74 Å². The van der Waals surface area contributed by atoms with Gasteiger partial charge in [-0.3, -0.25) is 9.59 Å². The average Bonchev–Trinajstić information content (AvgIpc) is 2.55. The van der Waals surface area contributed by atoms with Crippen LogP contribution in [0, 0.1) is 5.82 Å². The molecular weight excluding hydrogens is 319 g/mol. The van der Waals surface area contributed by atoms with Gasteiger partial charge in [0.1, 0.15) is 11.7 Å². The van der Waals surface area contributed by atoms with Crippen molar-refractivity contribution in [2.75, 3.05) is 26.7 Å². The minimum Gasteiger partial charge on any atom is -0.494 e. The van der Waals surface area contributed by atoms with Crippen molar-refractivity contribution in [2.45, 2.75) is 25.0 Å². The first-order valence-corrected chi connectivity index (χ1v) is 7.54. The second-order valence-corrected chi connectivity index (χ2v) is 5.88. The van der Waals surface area contributed by atoms with E-state index < -0.39 is 23.4 Å². The van der Waals surface area contributed by atoms with Crippen molar-refractivity contribution in [1.82, 2.24) is 10.2 Å². The highest BCUT2D eigenvalue weighted by Gasteiger charge is 2.42. The molecular formula is C16H21FN2O5. The number of β-amino-alcohol motifs (C(OH)–C–C–N with tert-alkyl or cyclic N) is 1. The SMILES string of the molecule is COc1ccc(C(=O)N2CC[C@@](O)(CNC(C)=O)[C@H](O)C2)cc1F. The topological polar surface area (TPSA) is 99.1 Å². The molecule has 0 unspecified atom stereocenters. The van der Waals surface area contributed by atoms with Gasteiger partial charge >= 0.3 is 0 Å². The number of likely N-dealkylation sites (tertiary alicyclic amines) is 1. The van der Waals surface area contributed by atoms with Gasteiger partial charge in [0.25, 0.3) is 5.91 Å². The van der Waals surface area contributed by atoms with Crippen LogP contribution in [0.3, 0.4) is 0 Å². The maximum absolute atomic E-state index is 13.7. The highest BCUT2D eigenvalue weighted by molar-refractivity contribution is 5.94. The Balaban J connectivity index is 2.06. The zero-order chi connectivity index (χ0) is 17.9. The molecule has 1 aliphatic rings. The van der Waals surface area contributed by atoms with Gasteiger partial charge in [0.15, 0.2) is 11.6 Å². The quantitative estimate of drug-likeness (QED) is 0.711. The van der Waals surface area contributed by atoms with Crippen LogP contribution >= 0.6 is 0 Å². The molecule has 0 radical (unpaired) electrons. The monoisotopic (exact) mass is 340 g/mol. The second-order valence-electron chi connectivity index (χ2n) is 5.88. The summed E-state index contributed by atoms with van der Waals surface area (Å²) in [6, 6.07) is 3.87. The summed E-state index contributed by atoms with van der Waals surface area (Å²) in [5, 5.41) is 23.0. The predicted octanol–water partition coefficient (Wildman–Crippen LogP) is -0.0917. The second kappa shape index (κ2) is 7.14. The van der Waals surface area contributed by atoms with Crippen molar-refractivity contribution in [3.63, 3.8) is 0 Å². The van der Waals surface area contributed by atoms with Crippen molar-refractivity contribution >= 4 is 11.8 Å². The Bertz CT molecular complexity index is 639. The fraction of sp³-hybridized carbons (Fsp3) is 0.500. The lowest BCUT2D eigenvalue weighted by molar-refractivity contribution is -0.127. The van der Waals surface area contributed by atoms with E-state index in [1.54, 1.807) is 0 Å². The molecule has 1 saturated heterocycles. The van der Waals surface area contributed by atoms with Crippen LogP contribution in [0.4, 0.5) is 4.39 Å². The number of halogens is 1. The molecule has 1 fully saturated rings. The van der Waals surface area contributed by atoms with Crippen LogP contribution in [0.15, 0.2) is 18.2 Å². The van der Waals surface area contributed by atoms with Crippen molar-refractivity contribution in [3.8, 4) is 5.75 Å². The number of piperidine rings is 1. The van der Waals surface area contributed by atoms with Gasteiger partial charge in [-0.05, 0) is 24.6 Å². The predicted molar refractivity (Wildman–Crippen MR) is 83.1 cm³/mol. The lowest BCUT2D eigenvalue weighted by Crippen LogP contribution is -2.61. The van der Waals surface area contributed by atoms with Crippen LogP contribution in [0.25, 0.3) is 0 Å². The lowest BCUT2D eigenvalue weighted by Gasteiger charge is -2.42. The largest absolute Gasteiger partial charge is 0.494 e. The van der Waals surface area contributed by atoms with Gasteiger partial charge in [0.05, 0.1) is 7.11 Å². The lowest BCUT2D eigenvalue weighted by atomic mass is 9.88. The molecule has 0 aliphatic carbocycles. The number of aliphatic hydroxyl groups is 2. The van der Waals surface area contributed by atoms with E-state index in [2.05, 4.69) is 5.32 Å². The molecule has 1 aromatic rings. The van der Waals surface area contributed by atoms with E-state index in [1.807, 2.05) is 0 Å². The zero-order valence-electron chi connectivity index (χ0n) is 13.6. The summed E-state index contributed by atoms with van der Waals surface area (Å²) in [7, 11) is 1.33. The number of carbonyl (C=O) groups excluding carboxylic acids is 2. The fourth-order valence-electron chi connectivity index (χ4n) is 2.62. The molecule has 8 heteroatoms. The third-order valence-corrected chi connectivity index (χ3v) is 4.16. The molecule has 1 heterocycles. The Labute approximate surface area is 139 Å². The molecule has 0 spiro atoms. The summed E-state index contributed by atoms with van der Waals surface area (Å²) in [5.74, 6) is -1.38. The first-order chi connectivity index (χ1) is 11.3. The number of rotatable bonds is 4. The van der Waals surface area contributed by atoms with Gasteiger partial charge in [-0.2, -0.15) is 0 Å². The molecule has 1 aromatic carbocycles. The van der Waals surface area contributed by atoms with Crippen molar-refractivity contribution in [1.29, 1.82) is 0 Å². The van der Waals surface area contributed by atoms with Crippen LogP contribution in [-0.4, -0.2) is 65.4 Å². The molecule has 3 N–H and O–H groups in total. The molecule has 0 saturated carbocycles. The number of ether oxygens (including phenoxy) is 1. The summed E-state index contributed by atoms with van der Waals surface area (Å²) in [6.45, 7) is 1.29. The van der Waals surface area contributed by atoms with Gasteiger partial charge < -0.3 is 25.2 Å². The number of amides is 2. The fourth-order valence-corrected chi connectivity index (χ4v) is 2.62. The Morgan fingerprint density at radius 1 is 1.50 bits per heavy atom. The third kappa shape index (κ3) is 3.82. The number of nitrogens with one attached hydrogen (secondary N) is 1. The number of methoxy groups -OCH3 is 1. The normalized spacial score (nSPS) is 23.7. The van der Waals surface area contributed by atoms with Crippen molar-refractivity contribution < 1.29 is 28.9 Å². The molecule has 2 atom stereocenters. The average molecular weight is 340 g/mol. The van der Waals surface area contributed by atoms with Gasteiger partial charge in [-0.15, -0.1) is 0 Å². The summed E-state index contributed by atoms with van der Waals surface area (Å²) in [6.07, 6.45) is -1.12.